The van der Waals surface area contributed by atoms with Crippen molar-refractivity contribution in [3.8, 4) is 0 Å². The van der Waals surface area contributed by atoms with Gasteiger partial charge in [-0.25, -0.2) is 8.42 Å². The molecule has 0 saturated heterocycles. The van der Waals surface area contributed by atoms with Crippen molar-refractivity contribution in [2.45, 2.75) is 25.2 Å². The molecular weight excluding hydrogens is 384 g/mol. The van der Waals surface area contributed by atoms with Gasteiger partial charge in [-0.1, -0.05) is 55.5 Å². The van der Waals surface area contributed by atoms with Crippen molar-refractivity contribution in [2.75, 3.05) is 16.7 Å². The van der Waals surface area contributed by atoms with E-state index in [4.69, 9.17) is 0 Å². The number of nitrogens with one attached hydrogen (secondary N) is 1. The topological polar surface area (TPSA) is 66.5 Å². The Balaban J connectivity index is 1.99. The summed E-state index contributed by atoms with van der Waals surface area (Å²) < 4.78 is 27.2. The number of hydrogen-bond donors (Lipinski definition) is 1. The van der Waals surface area contributed by atoms with E-state index < -0.39 is 10.0 Å². The molecule has 0 aromatic heterocycles. The molecule has 5 nitrogen and oxygen atoms in total. The van der Waals surface area contributed by atoms with Gasteiger partial charge >= 0.3 is 0 Å². The monoisotopic (exact) mass is 408 g/mol. The quantitative estimate of drug-likeness (QED) is 0.646. The molecule has 0 aliphatic carbocycles. The van der Waals surface area contributed by atoms with Crippen molar-refractivity contribution in [3.63, 3.8) is 0 Å². The normalized spacial score (nSPS) is 11.1. The second-order valence-corrected chi connectivity index (χ2v) is 8.69. The van der Waals surface area contributed by atoms with Crippen molar-refractivity contribution in [1.82, 2.24) is 0 Å². The first-order chi connectivity index (χ1) is 13.9. The SMILES string of the molecule is CCc1cccc(C)c1NC(=O)c1ccccc1N(C)S(=O)(=O)c1ccccc1. The molecule has 0 spiro atoms. The summed E-state index contributed by atoms with van der Waals surface area (Å²) in [5, 5.41) is 2.97. The van der Waals surface area contributed by atoms with Crippen molar-refractivity contribution in [2.24, 2.45) is 0 Å². The molecule has 1 amide bonds. The van der Waals surface area contributed by atoms with Crippen LogP contribution in [0.5, 0.6) is 0 Å². The van der Waals surface area contributed by atoms with E-state index in [1.54, 1.807) is 42.5 Å². The summed E-state index contributed by atoms with van der Waals surface area (Å²) in [5.74, 6) is -0.347. The predicted octanol–water partition coefficient (Wildman–Crippen LogP) is 4.63. The maximum atomic E-state index is 13.1. The number of rotatable bonds is 6. The van der Waals surface area contributed by atoms with Crippen molar-refractivity contribution < 1.29 is 13.2 Å². The van der Waals surface area contributed by atoms with Gasteiger partial charge < -0.3 is 5.32 Å². The molecule has 0 aliphatic heterocycles. The van der Waals surface area contributed by atoms with Crippen LogP contribution in [-0.2, 0) is 16.4 Å². The minimum atomic E-state index is -3.79. The molecule has 0 atom stereocenters. The van der Waals surface area contributed by atoms with E-state index >= 15 is 0 Å². The average Bonchev–Trinajstić information content (AvgIpc) is 2.75. The molecule has 150 valence electrons. The first-order valence-electron chi connectivity index (χ1n) is 9.39. The van der Waals surface area contributed by atoms with E-state index in [-0.39, 0.29) is 10.8 Å². The maximum Gasteiger partial charge on any atom is 0.264 e. The van der Waals surface area contributed by atoms with Crippen LogP contribution < -0.4 is 9.62 Å². The summed E-state index contributed by atoms with van der Waals surface area (Å²) >= 11 is 0. The molecule has 0 heterocycles. The highest BCUT2D eigenvalue weighted by Crippen LogP contribution is 2.28. The van der Waals surface area contributed by atoms with Crippen LogP contribution in [0.1, 0.15) is 28.4 Å². The molecule has 6 heteroatoms. The van der Waals surface area contributed by atoms with E-state index in [1.807, 2.05) is 32.0 Å². The van der Waals surface area contributed by atoms with Gasteiger partial charge in [-0.05, 0) is 48.7 Å². The van der Waals surface area contributed by atoms with E-state index in [1.165, 1.54) is 19.2 Å². The third-order valence-electron chi connectivity index (χ3n) is 4.87. The molecule has 1 N–H and O–H groups in total. The van der Waals surface area contributed by atoms with Gasteiger partial charge in [-0.15, -0.1) is 0 Å². The molecule has 3 aromatic rings. The highest BCUT2D eigenvalue weighted by Gasteiger charge is 2.25. The van der Waals surface area contributed by atoms with Crippen LogP contribution in [0.15, 0.2) is 77.7 Å². The van der Waals surface area contributed by atoms with Gasteiger partial charge in [0.2, 0.25) is 0 Å². The number of sulfonamides is 1. The number of carbonyl (C=O) groups is 1. The summed E-state index contributed by atoms with van der Waals surface area (Å²) in [6.45, 7) is 3.96. The van der Waals surface area contributed by atoms with E-state index in [9.17, 15) is 13.2 Å². The zero-order valence-corrected chi connectivity index (χ0v) is 17.5. The first kappa shape index (κ1) is 20.6. The Morgan fingerprint density at radius 1 is 0.931 bits per heavy atom. The number of aryl methyl sites for hydroxylation is 2. The molecular formula is C23H24N2O3S. The summed E-state index contributed by atoms with van der Waals surface area (Å²) in [6.07, 6.45) is 0.779. The fourth-order valence-corrected chi connectivity index (χ4v) is 4.44. The molecule has 0 bridgehead atoms. The Hall–Kier alpha value is -3.12. The molecule has 0 radical (unpaired) electrons. The third-order valence-corrected chi connectivity index (χ3v) is 6.65. The summed E-state index contributed by atoms with van der Waals surface area (Å²) in [7, 11) is -2.33. The fraction of sp³-hybridized carbons (Fsp3) is 0.174. The number of anilines is 2. The molecule has 3 rings (SSSR count). The number of para-hydroxylation sites is 2. The molecule has 0 unspecified atom stereocenters. The lowest BCUT2D eigenvalue weighted by atomic mass is 10.0. The average molecular weight is 409 g/mol. The van der Waals surface area contributed by atoms with Crippen LogP contribution in [-0.4, -0.2) is 21.4 Å². The van der Waals surface area contributed by atoms with Gasteiger partial charge in [-0.2, -0.15) is 0 Å². The summed E-state index contributed by atoms with van der Waals surface area (Å²) in [5.41, 5.74) is 3.37. The standard InChI is InChI=1S/C23H24N2O3S/c1-4-18-12-10-11-17(2)22(18)24-23(26)20-15-8-9-16-21(20)25(3)29(27,28)19-13-6-5-7-14-19/h5-16H,4H2,1-3H3,(H,24,26). The summed E-state index contributed by atoms with van der Waals surface area (Å²) in [6, 6.07) is 20.7. The fourth-order valence-electron chi connectivity index (χ4n) is 3.20. The van der Waals surface area contributed by atoms with Crippen LogP contribution in [0.2, 0.25) is 0 Å². The summed E-state index contributed by atoms with van der Waals surface area (Å²) in [4.78, 5) is 13.3. The molecule has 0 saturated carbocycles. The zero-order valence-electron chi connectivity index (χ0n) is 16.7. The Labute approximate surface area is 172 Å². The molecule has 0 fully saturated rings. The van der Waals surface area contributed by atoms with Gasteiger partial charge in [0, 0.05) is 12.7 Å². The van der Waals surface area contributed by atoms with Crippen LogP contribution in [0, 0.1) is 6.92 Å². The molecule has 0 aliphatic rings. The lowest BCUT2D eigenvalue weighted by molar-refractivity contribution is 0.102. The van der Waals surface area contributed by atoms with Crippen molar-refractivity contribution in [1.29, 1.82) is 0 Å². The number of hydrogen-bond acceptors (Lipinski definition) is 3. The van der Waals surface area contributed by atoms with Crippen LogP contribution in [0.4, 0.5) is 11.4 Å². The molecule has 29 heavy (non-hydrogen) atoms. The van der Waals surface area contributed by atoms with Gasteiger partial charge in [-0.3, -0.25) is 9.10 Å². The van der Waals surface area contributed by atoms with Gasteiger partial charge in [0.1, 0.15) is 0 Å². The van der Waals surface area contributed by atoms with Crippen molar-refractivity contribution in [3.05, 3.63) is 89.5 Å². The minimum Gasteiger partial charge on any atom is -0.321 e. The second kappa shape index (κ2) is 8.49. The minimum absolute atomic E-state index is 0.171. The maximum absolute atomic E-state index is 13.1. The van der Waals surface area contributed by atoms with Crippen LogP contribution in [0.25, 0.3) is 0 Å². The highest BCUT2D eigenvalue weighted by atomic mass is 32.2. The number of carbonyl (C=O) groups excluding carboxylic acids is 1. The van der Waals surface area contributed by atoms with Gasteiger partial charge in [0.25, 0.3) is 15.9 Å². The predicted molar refractivity (Wildman–Crippen MR) is 117 cm³/mol. The Morgan fingerprint density at radius 2 is 1.59 bits per heavy atom. The van der Waals surface area contributed by atoms with Crippen molar-refractivity contribution >= 4 is 27.3 Å². The van der Waals surface area contributed by atoms with Gasteiger partial charge in [0.15, 0.2) is 0 Å². The van der Waals surface area contributed by atoms with E-state index in [2.05, 4.69) is 5.32 Å². The number of amides is 1. The van der Waals surface area contributed by atoms with E-state index in [0.29, 0.717) is 11.3 Å². The lowest BCUT2D eigenvalue weighted by Gasteiger charge is -2.22. The van der Waals surface area contributed by atoms with Crippen LogP contribution >= 0.6 is 0 Å². The molecule has 3 aromatic carbocycles. The van der Waals surface area contributed by atoms with Gasteiger partial charge in [0.05, 0.1) is 16.1 Å². The van der Waals surface area contributed by atoms with E-state index in [0.717, 1.165) is 27.5 Å². The lowest BCUT2D eigenvalue weighted by Crippen LogP contribution is -2.29. The Bertz CT molecular complexity index is 1130. The van der Waals surface area contributed by atoms with Crippen LogP contribution in [0.3, 0.4) is 0 Å². The third kappa shape index (κ3) is 4.17. The first-order valence-corrected chi connectivity index (χ1v) is 10.8. The zero-order chi connectivity index (χ0) is 21.0. The number of nitrogens with zero attached hydrogens (tertiary/aromatic N) is 1. The second-order valence-electron chi connectivity index (χ2n) is 6.72. The Kier molecular flexibility index (Phi) is 6.03. The largest absolute Gasteiger partial charge is 0.321 e. The highest BCUT2D eigenvalue weighted by molar-refractivity contribution is 7.92. The number of benzene rings is 3. The Morgan fingerprint density at radius 3 is 2.28 bits per heavy atom. The smallest absolute Gasteiger partial charge is 0.264 e.